The number of nitrogens with one attached hydrogen (secondary N) is 2. The van der Waals surface area contributed by atoms with Crippen LogP contribution in [0.2, 0.25) is 0 Å². The van der Waals surface area contributed by atoms with Gasteiger partial charge in [0, 0.05) is 22.2 Å². The number of para-hydroxylation sites is 1. The molecule has 0 atom stereocenters. The fourth-order valence-electron chi connectivity index (χ4n) is 1.99. The van der Waals surface area contributed by atoms with Crippen molar-refractivity contribution < 1.29 is 4.92 Å². The monoisotopic (exact) mass is 315 g/mol. The van der Waals surface area contributed by atoms with Crippen LogP contribution in [-0.2, 0) is 0 Å². The van der Waals surface area contributed by atoms with Crippen molar-refractivity contribution in [3.8, 4) is 0 Å². The summed E-state index contributed by atoms with van der Waals surface area (Å²) in [4.78, 5) is 11.8. The van der Waals surface area contributed by atoms with Gasteiger partial charge < -0.3 is 5.32 Å². The average Bonchev–Trinajstić information content (AvgIpc) is 3.24. The highest BCUT2D eigenvalue weighted by atomic mass is 32.2. The molecule has 2 aromatic rings. The van der Waals surface area contributed by atoms with Gasteiger partial charge in [0.15, 0.2) is 0 Å². The molecule has 1 aliphatic rings. The molecule has 1 saturated carbocycles. The van der Waals surface area contributed by atoms with Gasteiger partial charge in [-0.2, -0.15) is 0 Å². The summed E-state index contributed by atoms with van der Waals surface area (Å²) in [6.45, 7) is 2.18. The molecule has 114 valence electrons. The lowest BCUT2D eigenvalue weighted by Crippen LogP contribution is -2.19. The summed E-state index contributed by atoms with van der Waals surface area (Å²) in [5.74, 6) is 0. The van der Waals surface area contributed by atoms with Crippen molar-refractivity contribution in [2.75, 3.05) is 5.32 Å². The number of rotatable bonds is 6. The van der Waals surface area contributed by atoms with Crippen LogP contribution in [-0.4, -0.2) is 10.5 Å². The van der Waals surface area contributed by atoms with Gasteiger partial charge in [0.1, 0.15) is 5.69 Å². The maximum absolute atomic E-state index is 11.2. The van der Waals surface area contributed by atoms with E-state index < -0.39 is 0 Å². The van der Waals surface area contributed by atoms with Gasteiger partial charge >= 0.3 is 0 Å². The van der Waals surface area contributed by atoms with Crippen LogP contribution in [0.15, 0.2) is 53.4 Å². The molecule has 0 aliphatic heterocycles. The van der Waals surface area contributed by atoms with Gasteiger partial charge in [0.2, 0.25) is 0 Å². The molecular weight excluding hydrogens is 298 g/mol. The number of hydrogen-bond donors (Lipinski definition) is 2. The number of benzene rings is 2. The van der Waals surface area contributed by atoms with Crippen molar-refractivity contribution in [3.05, 3.63) is 58.6 Å². The summed E-state index contributed by atoms with van der Waals surface area (Å²) in [5.41, 5.74) is 1.61. The van der Waals surface area contributed by atoms with Crippen LogP contribution in [0, 0.1) is 10.1 Å². The molecule has 0 bridgehead atoms. The summed E-state index contributed by atoms with van der Waals surface area (Å²) in [6.07, 6.45) is 2.34. The molecule has 3 rings (SSSR count). The minimum atomic E-state index is -0.366. The van der Waals surface area contributed by atoms with E-state index >= 15 is 0 Å². The Morgan fingerprint density at radius 3 is 2.55 bits per heavy atom. The largest absolute Gasteiger partial charge is 0.350 e. The molecule has 22 heavy (non-hydrogen) atoms. The normalized spacial score (nSPS) is 15.3. The third kappa shape index (κ3) is 3.58. The Labute approximate surface area is 133 Å². The Kier molecular flexibility index (Phi) is 4.04. The number of nitro groups is 1. The molecule has 0 aromatic heterocycles. The maximum atomic E-state index is 11.2. The number of anilines is 2. The second kappa shape index (κ2) is 5.98. The fraction of sp³-hybridized carbons (Fsp3) is 0.250. The van der Waals surface area contributed by atoms with Crippen molar-refractivity contribution >= 4 is 29.0 Å². The van der Waals surface area contributed by atoms with Crippen molar-refractivity contribution in [2.24, 2.45) is 0 Å². The number of nitrogens with zero attached hydrogens (tertiary/aromatic N) is 1. The first-order valence-electron chi connectivity index (χ1n) is 7.10. The van der Waals surface area contributed by atoms with Crippen molar-refractivity contribution in [1.82, 2.24) is 4.72 Å². The topological polar surface area (TPSA) is 67.2 Å². The summed E-state index contributed by atoms with van der Waals surface area (Å²) < 4.78 is 3.41. The maximum Gasteiger partial charge on any atom is 0.292 e. The van der Waals surface area contributed by atoms with E-state index in [0.717, 1.165) is 10.6 Å². The van der Waals surface area contributed by atoms with Gasteiger partial charge in [-0.15, -0.1) is 0 Å². The minimum Gasteiger partial charge on any atom is -0.350 e. The Morgan fingerprint density at radius 1 is 1.18 bits per heavy atom. The van der Waals surface area contributed by atoms with E-state index in [0.29, 0.717) is 5.69 Å². The van der Waals surface area contributed by atoms with Crippen LogP contribution < -0.4 is 10.0 Å². The van der Waals surface area contributed by atoms with E-state index in [9.17, 15) is 10.1 Å². The minimum absolute atomic E-state index is 0.0748. The molecule has 5 nitrogen and oxygen atoms in total. The van der Waals surface area contributed by atoms with E-state index in [2.05, 4.69) is 17.0 Å². The van der Waals surface area contributed by atoms with Crippen molar-refractivity contribution in [2.45, 2.75) is 30.2 Å². The lowest BCUT2D eigenvalue weighted by atomic mass is 10.2. The molecule has 0 heterocycles. The second-order valence-corrected chi connectivity index (χ2v) is 6.57. The van der Waals surface area contributed by atoms with Crippen LogP contribution in [0.4, 0.5) is 17.1 Å². The van der Waals surface area contributed by atoms with Gasteiger partial charge in [-0.25, -0.2) is 0 Å². The zero-order chi connectivity index (χ0) is 15.6. The van der Waals surface area contributed by atoms with Crippen molar-refractivity contribution in [3.63, 3.8) is 0 Å². The molecule has 6 heteroatoms. The first-order valence-corrected chi connectivity index (χ1v) is 7.92. The Balaban J connectivity index is 1.82. The second-order valence-electron chi connectivity index (χ2n) is 5.69. The van der Waals surface area contributed by atoms with Crippen LogP contribution >= 0.6 is 11.9 Å². The highest BCUT2D eigenvalue weighted by Crippen LogP contribution is 2.38. The standard InChI is InChI=1S/C16H17N3O2S/c1-16(9-10-16)18-22-13-7-8-15(19(20)21)14(11-13)17-12-5-3-2-4-6-12/h2-8,11,17-18H,9-10H2,1H3. The lowest BCUT2D eigenvalue weighted by Gasteiger charge is -2.12. The Bertz CT molecular complexity index is 687. The molecule has 2 aromatic carbocycles. The molecule has 0 spiro atoms. The number of nitro benzene ring substituents is 1. The zero-order valence-electron chi connectivity index (χ0n) is 12.2. The van der Waals surface area contributed by atoms with Gasteiger partial charge in [0.05, 0.1) is 4.92 Å². The molecule has 0 amide bonds. The molecule has 2 N–H and O–H groups in total. The quantitative estimate of drug-likeness (QED) is 0.467. The van der Waals surface area contributed by atoms with Crippen LogP contribution in [0.25, 0.3) is 0 Å². The third-order valence-electron chi connectivity index (χ3n) is 3.63. The van der Waals surface area contributed by atoms with Crippen LogP contribution in [0.1, 0.15) is 19.8 Å². The van der Waals surface area contributed by atoms with Gasteiger partial charge in [0.25, 0.3) is 5.69 Å². The summed E-state index contributed by atoms with van der Waals surface area (Å²) >= 11 is 1.52. The van der Waals surface area contributed by atoms with Gasteiger partial charge in [-0.1, -0.05) is 18.2 Å². The first kappa shape index (κ1) is 14.9. The highest BCUT2D eigenvalue weighted by molar-refractivity contribution is 7.97. The first-order chi connectivity index (χ1) is 10.6. The predicted molar refractivity (Wildman–Crippen MR) is 89.5 cm³/mol. The van der Waals surface area contributed by atoms with Crippen LogP contribution in [0.3, 0.4) is 0 Å². The smallest absolute Gasteiger partial charge is 0.292 e. The van der Waals surface area contributed by atoms with Gasteiger partial charge in [-0.05, 0) is 56.0 Å². The van der Waals surface area contributed by atoms with Gasteiger partial charge in [-0.3, -0.25) is 14.8 Å². The Hall–Kier alpha value is -2.05. The van der Waals surface area contributed by atoms with E-state index in [1.807, 2.05) is 36.4 Å². The molecular formula is C16H17N3O2S. The summed E-state index contributed by atoms with van der Waals surface area (Å²) in [5, 5.41) is 14.3. The van der Waals surface area contributed by atoms with E-state index in [1.165, 1.54) is 24.8 Å². The zero-order valence-corrected chi connectivity index (χ0v) is 13.0. The molecule has 0 unspecified atom stereocenters. The summed E-state index contributed by atoms with van der Waals surface area (Å²) in [6, 6.07) is 14.6. The Morgan fingerprint density at radius 2 is 1.91 bits per heavy atom. The highest BCUT2D eigenvalue weighted by Gasteiger charge is 2.37. The third-order valence-corrected chi connectivity index (χ3v) is 4.72. The van der Waals surface area contributed by atoms with Crippen LogP contribution in [0.5, 0.6) is 0 Å². The molecule has 1 aliphatic carbocycles. The van der Waals surface area contributed by atoms with E-state index in [1.54, 1.807) is 12.1 Å². The molecule has 0 radical (unpaired) electrons. The SMILES string of the molecule is CC1(NSc2ccc([N+](=O)[O-])c(Nc3ccccc3)c2)CC1. The number of hydrogen-bond acceptors (Lipinski definition) is 5. The molecule has 1 fully saturated rings. The van der Waals surface area contributed by atoms with Crippen molar-refractivity contribution in [1.29, 1.82) is 0 Å². The average molecular weight is 315 g/mol. The van der Waals surface area contributed by atoms with E-state index in [-0.39, 0.29) is 16.1 Å². The molecule has 0 saturated heterocycles. The van der Waals surface area contributed by atoms with E-state index in [4.69, 9.17) is 0 Å². The summed E-state index contributed by atoms with van der Waals surface area (Å²) in [7, 11) is 0. The lowest BCUT2D eigenvalue weighted by molar-refractivity contribution is -0.384. The predicted octanol–water partition coefficient (Wildman–Crippen LogP) is 4.49. The fourth-order valence-corrected chi connectivity index (χ4v) is 2.87.